The second kappa shape index (κ2) is 8.47. The van der Waals surface area contributed by atoms with Crippen LogP contribution in [-0.2, 0) is 11.3 Å². The molecule has 1 aromatic heterocycles. The number of amides is 3. The van der Waals surface area contributed by atoms with Crippen LogP contribution in [0.15, 0.2) is 54.9 Å². The quantitative estimate of drug-likeness (QED) is 0.869. The van der Waals surface area contributed by atoms with E-state index in [9.17, 15) is 9.59 Å². The molecule has 6 nitrogen and oxygen atoms in total. The molecule has 1 aromatic carbocycles. The zero-order valence-corrected chi connectivity index (χ0v) is 14.9. The van der Waals surface area contributed by atoms with Crippen LogP contribution >= 0.6 is 0 Å². The third kappa shape index (κ3) is 4.39. The highest BCUT2D eigenvalue weighted by Gasteiger charge is 2.34. The summed E-state index contributed by atoms with van der Waals surface area (Å²) in [5.74, 6) is -0.117. The Labute approximate surface area is 153 Å². The van der Waals surface area contributed by atoms with Crippen LogP contribution in [0.1, 0.15) is 36.9 Å². The summed E-state index contributed by atoms with van der Waals surface area (Å²) in [6.45, 7) is 2.96. The van der Waals surface area contributed by atoms with Gasteiger partial charge >= 0.3 is 6.03 Å². The minimum Gasteiger partial charge on any atom is -0.350 e. The van der Waals surface area contributed by atoms with Crippen molar-refractivity contribution < 1.29 is 9.59 Å². The van der Waals surface area contributed by atoms with E-state index in [1.807, 2.05) is 49.4 Å². The summed E-state index contributed by atoms with van der Waals surface area (Å²) in [4.78, 5) is 30.9. The number of hydrogen-bond acceptors (Lipinski definition) is 3. The van der Waals surface area contributed by atoms with Gasteiger partial charge in [0.05, 0.1) is 6.04 Å². The average molecular weight is 352 g/mol. The molecule has 26 heavy (non-hydrogen) atoms. The number of nitrogens with one attached hydrogen (secondary N) is 2. The topological polar surface area (TPSA) is 74.3 Å². The molecule has 2 aromatic rings. The fourth-order valence-corrected chi connectivity index (χ4v) is 3.19. The molecule has 0 aliphatic carbocycles. The van der Waals surface area contributed by atoms with Gasteiger partial charge in [0.2, 0.25) is 5.91 Å². The molecule has 1 fully saturated rings. The van der Waals surface area contributed by atoms with E-state index < -0.39 is 6.04 Å². The Bertz CT molecular complexity index is 736. The number of hydrogen-bond donors (Lipinski definition) is 2. The SMILES string of the molecule is C[C@H](NC(=O)N1CCC[C@H]1C(=O)NCc1cccnc1)c1ccccc1. The summed E-state index contributed by atoms with van der Waals surface area (Å²) < 4.78 is 0. The number of rotatable bonds is 5. The molecule has 0 bridgehead atoms. The molecule has 0 spiro atoms. The van der Waals surface area contributed by atoms with Crippen molar-refractivity contribution in [3.8, 4) is 0 Å². The number of carbonyl (C=O) groups is 2. The Morgan fingerprint density at radius 2 is 2.04 bits per heavy atom. The second-order valence-electron chi connectivity index (χ2n) is 6.51. The minimum absolute atomic E-state index is 0.108. The van der Waals surface area contributed by atoms with Crippen molar-refractivity contribution in [3.05, 3.63) is 66.0 Å². The molecule has 2 atom stereocenters. The van der Waals surface area contributed by atoms with Crippen LogP contribution in [0, 0.1) is 0 Å². The van der Waals surface area contributed by atoms with Crippen LogP contribution in [0.25, 0.3) is 0 Å². The summed E-state index contributed by atoms with van der Waals surface area (Å²) in [5, 5.41) is 5.90. The number of likely N-dealkylation sites (tertiary alicyclic amines) is 1. The van der Waals surface area contributed by atoms with E-state index in [0.29, 0.717) is 19.5 Å². The molecule has 1 aliphatic rings. The van der Waals surface area contributed by atoms with E-state index in [1.165, 1.54) is 0 Å². The maximum absolute atomic E-state index is 12.6. The minimum atomic E-state index is -0.422. The van der Waals surface area contributed by atoms with Gasteiger partial charge in [-0.3, -0.25) is 9.78 Å². The van der Waals surface area contributed by atoms with Crippen molar-refractivity contribution >= 4 is 11.9 Å². The van der Waals surface area contributed by atoms with E-state index in [1.54, 1.807) is 17.3 Å². The third-order valence-corrected chi connectivity index (χ3v) is 4.65. The lowest BCUT2D eigenvalue weighted by Crippen LogP contribution is -2.49. The van der Waals surface area contributed by atoms with Gasteiger partial charge in [-0.25, -0.2) is 4.79 Å². The molecule has 6 heteroatoms. The molecule has 0 saturated carbocycles. The number of carbonyl (C=O) groups excluding carboxylic acids is 2. The van der Waals surface area contributed by atoms with Crippen LogP contribution in [-0.4, -0.2) is 34.4 Å². The molecule has 0 unspecified atom stereocenters. The van der Waals surface area contributed by atoms with Gasteiger partial charge in [-0.05, 0) is 37.0 Å². The van der Waals surface area contributed by atoms with E-state index in [4.69, 9.17) is 0 Å². The number of urea groups is 1. The van der Waals surface area contributed by atoms with Crippen molar-refractivity contribution in [2.24, 2.45) is 0 Å². The van der Waals surface area contributed by atoms with Gasteiger partial charge < -0.3 is 15.5 Å². The Morgan fingerprint density at radius 3 is 2.77 bits per heavy atom. The van der Waals surface area contributed by atoms with Crippen molar-refractivity contribution in [1.82, 2.24) is 20.5 Å². The normalized spacial score (nSPS) is 17.6. The zero-order chi connectivity index (χ0) is 18.4. The van der Waals surface area contributed by atoms with Gasteiger partial charge in [0.1, 0.15) is 6.04 Å². The first kappa shape index (κ1) is 17.9. The molecule has 1 saturated heterocycles. The van der Waals surface area contributed by atoms with Crippen molar-refractivity contribution in [2.45, 2.75) is 38.4 Å². The van der Waals surface area contributed by atoms with Gasteiger partial charge in [-0.15, -0.1) is 0 Å². The highest BCUT2D eigenvalue weighted by atomic mass is 16.2. The predicted molar refractivity (Wildman–Crippen MR) is 99.2 cm³/mol. The smallest absolute Gasteiger partial charge is 0.318 e. The van der Waals surface area contributed by atoms with Crippen molar-refractivity contribution in [3.63, 3.8) is 0 Å². The summed E-state index contributed by atoms with van der Waals surface area (Å²) in [6, 6.07) is 12.8. The summed E-state index contributed by atoms with van der Waals surface area (Å²) in [5.41, 5.74) is 1.98. The lowest BCUT2D eigenvalue weighted by Gasteiger charge is -2.26. The first-order valence-corrected chi connectivity index (χ1v) is 8.94. The molecule has 3 rings (SSSR count). The highest BCUT2D eigenvalue weighted by molar-refractivity contribution is 5.87. The van der Waals surface area contributed by atoms with Crippen molar-refractivity contribution in [1.29, 1.82) is 0 Å². The molecular formula is C20H24N4O2. The van der Waals surface area contributed by atoms with Crippen LogP contribution in [0.2, 0.25) is 0 Å². The van der Waals surface area contributed by atoms with Gasteiger partial charge in [0.25, 0.3) is 0 Å². The fourth-order valence-electron chi connectivity index (χ4n) is 3.19. The maximum atomic E-state index is 12.6. The molecule has 2 heterocycles. The second-order valence-corrected chi connectivity index (χ2v) is 6.51. The number of pyridine rings is 1. The summed E-state index contributed by atoms with van der Waals surface area (Å²) in [7, 11) is 0. The van der Waals surface area contributed by atoms with E-state index in [2.05, 4.69) is 15.6 Å². The van der Waals surface area contributed by atoms with E-state index in [-0.39, 0.29) is 18.0 Å². The van der Waals surface area contributed by atoms with E-state index in [0.717, 1.165) is 17.5 Å². The first-order valence-electron chi connectivity index (χ1n) is 8.94. The Balaban J connectivity index is 1.56. The van der Waals surface area contributed by atoms with Gasteiger partial charge in [0, 0.05) is 25.5 Å². The van der Waals surface area contributed by atoms with Gasteiger partial charge in [0.15, 0.2) is 0 Å². The number of nitrogens with zero attached hydrogens (tertiary/aromatic N) is 2. The number of aromatic nitrogens is 1. The number of benzene rings is 1. The van der Waals surface area contributed by atoms with Gasteiger partial charge in [-0.1, -0.05) is 36.4 Å². The molecule has 1 aliphatic heterocycles. The standard InChI is InChI=1S/C20H24N4O2/c1-15(17-8-3-2-4-9-17)23-20(26)24-12-6-10-18(24)19(25)22-14-16-7-5-11-21-13-16/h2-5,7-9,11,13,15,18H,6,10,12,14H2,1H3,(H,22,25)(H,23,26)/t15-,18-/m0/s1. The third-order valence-electron chi connectivity index (χ3n) is 4.65. The lowest BCUT2D eigenvalue weighted by molar-refractivity contribution is -0.124. The molecule has 136 valence electrons. The molecule has 2 N–H and O–H groups in total. The monoisotopic (exact) mass is 352 g/mol. The maximum Gasteiger partial charge on any atom is 0.318 e. The fraction of sp³-hybridized carbons (Fsp3) is 0.350. The summed E-state index contributed by atoms with van der Waals surface area (Å²) in [6.07, 6.45) is 4.94. The Hall–Kier alpha value is -2.89. The van der Waals surface area contributed by atoms with Crippen LogP contribution in [0.3, 0.4) is 0 Å². The largest absolute Gasteiger partial charge is 0.350 e. The molecule has 3 amide bonds. The van der Waals surface area contributed by atoms with Crippen molar-refractivity contribution in [2.75, 3.05) is 6.54 Å². The lowest BCUT2D eigenvalue weighted by atomic mass is 10.1. The zero-order valence-electron chi connectivity index (χ0n) is 14.9. The first-order chi connectivity index (χ1) is 12.6. The van der Waals surface area contributed by atoms with Crippen LogP contribution in [0.5, 0.6) is 0 Å². The Morgan fingerprint density at radius 1 is 1.23 bits per heavy atom. The highest BCUT2D eigenvalue weighted by Crippen LogP contribution is 2.19. The predicted octanol–water partition coefficient (Wildman–Crippen LogP) is 2.63. The van der Waals surface area contributed by atoms with Gasteiger partial charge in [-0.2, -0.15) is 0 Å². The van der Waals surface area contributed by atoms with Crippen LogP contribution < -0.4 is 10.6 Å². The summed E-state index contributed by atoms with van der Waals surface area (Å²) >= 11 is 0. The van der Waals surface area contributed by atoms with Crippen LogP contribution in [0.4, 0.5) is 4.79 Å². The Kier molecular flexibility index (Phi) is 5.84. The molecular weight excluding hydrogens is 328 g/mol. The molecule has 0 radical (unpaired) electrons. The van der Waals surface area contributed by atoms with E-state index >= 15 is 0 Å². The average Bonchev–Trinajstić information content (AvgIpc) is 3.17.